The van der Waals surface area contributed by atoms with Gasteiger partial charge in [0, 0.05) is 6.61 Å². The normalized spacial score (nSPS) is 30.8. The van der Waals surface area contributed by atoms with E-state index in [0.29, 0.717) is 16.9 Å². The third kappa shape index (κ3) is 13.9. The van der Waals surface area contributed by atoms with Crippen LogP contribution in [-0.4, -0.2) is 12.7 Å². The molecule has 4 aliphatic carbocycles. The maximum absolute atomic E-state index is 6.68. The van der Waals surface area contributed by atoms with Crippen LogP contribution in [-0.2, 0) is 4.74 Å². The summed E-state index contributed by atoms with van der Waals surface area (Å²) in [7, 11) is 0. The fraction of sp³-hybridized carbons (Fsp3) is 0.887. The lowest BCUT2D eigenvalue weighted by Gasteiger charge is -2.58. The molecule has 4 rings (SSSR count). The van der Waals surface area contributed by atoms with Crippen molar-refractivity contribution in [1.29, 1.82) is 0 Å². The molecule has 6 unspecified atom stereocenters. The molecule has 4 aliphatic rings. The number of hydrogen-bond acceptors (Lipinski definition) is 1. The highest BCUT2D eigenvalue weighted by atomic mass is 16.5. The molecular formula is C53H94O. The summed E-state index contributed by atoms with van der Waals surface area (Å²) in [6.07, 6.45) is 52.8. The van der Waals surface area contributed by atoms with Gasteiger partial charge in [0.25, 0.3) is 0 Å². The van der Waals surface area contributed by atoms with Crippen molar-refractivity contribution in [3.05, 3.63) is 36.0 Å². The van der Waals surface area contributed by atoms with Crippen LogP contribution in [0.5, 0.6) is 0 Å². The Hall–Kier alpha value is -0.820. The van der Waals surface area contributed by atoms with Gasteiger partial charge in [-0.25, -0.2) is 0 Å². The van der Waals surface area contributed by atoms with Crippen LogP contribution in [0.3, 0.4) is 0 Å². The second-order valence-electron chi connectivity index (χ2n) is 20.5. The number of ether oxygens (including phenoxy) is 1. The van der Waals surface area contributed by atoms with Gasteiger partial charge in [0.1, 0.15) is 0 Å². The summed E-state index contributed by atoms with van der Waals surface area (Å²) in [5.41, 5.74) is 2.84. The maximum atomic E-state index is 6.68. The molecule has 0 saturated heterocycles. The topological polar surface area (TPSA) is 9.23 Å². The van der Waals surface area contributed by atoms with E-state index in [1.807, 2.05) is 0 Å². The fourth-order valence-electron chi connectivity index (χ4n) is 12.7. The zero-order chi connectivity index (χ0) is 38.7. The number of allylic oxidation sites excluding steroid dienone is 5. The molecule has 0 radical (unpaired) electrons. The highest BCUT2D eigenvalue weighted by molar-refractivity contribution is 5.25. The smallest absolute Gasteiger partial charge is 0.0612 e. The van der Waals surface area contributed by atoms with Crippen LogP contribution in [0.4, 0.5) is 0 Å². The first-order chi connectivity index (χ1) is 26.2. The van der Waals surface area contributed by atoms with E-state index in [1.165, 1.54) is 180 Å². The van der Waals surface area contributed by atoms with Gasteiger partial charge in [-0.1, -0.05) is 174 Å². The van der Waals surface area contributed by atoms with Gasteiger partial charge in [-0.05, 0) is 149 Å². The number of rotatable bonds is 28. The summed E-state index contributed by atoms with van der Waals surface area (Å²) in [4.78, 5) is 0. The van der Waals surface area contributed by atoms with Gasteiger partial charge in [0.05, 0.1) is 6.10 Å². The molecule has 0 amide bonds. The molecule has 0 aliphatic heterocycles. The SMILES string of the molecule is CCCCC/C=C\C/C=C\CCCCCCCCCCC(CC)CCCO[C@H]1CC[C@@]2(C)C(=CCC3C4CCC(C(C)CCCC(C)C)[C@@]4(C)CCC32)C1. The Morgan fingerprint density at radius 2 is 1.37 bits per heavy atom. The van der Waals surface area contributed by atoms with Crippen molar-refractivity contribution < 1.29 is 4.74 Å². The molecule has 9 atom stereocenters. The Labute approximate surface area is 339 Å². The first-order valence-electron chi connectivity index (χ1n) is 24.8. The zero-order valence-corrected chi connectivity index (χ0v) is 37.6. The fourth-order valence-corrected chi connectivity index (χ4v) is 12.7. The van der Waals surface area contributed by atoms with Gasteiger partial charge in [-0.3, -0.25) is 0 Å². The van der Waals surface area contributed by atoms with Crippen LogP contribution in [0, 0.1) is 52.3 Å². The molecule has 0 spiro atoms. The molecule has 0 aromatic carbocycles. The molecule has 0 bridgehead atoms. The van der Waals surface area contributed by atoms with E-state index in [0.717, 1.165) is 54.5 Å². The lowest BCUT2D eigenvalue weighted by molar-refractivity contribution is -0.0642. The summed E-state index contributed by atoms with van der Waals surface area (Å²) in [6, 6.07) is 0. The van der Waals surface area contributed by atoms with Crippen LogP contribution in [0.2, 0.25) is 0 Å². The van der Waals surface area contributed by atoms with E-state index >= 15 is 0 Å². The van der Waals surface area contributed by atoms with Crippen molar-refractivity contribution >= 4 is 0 Å². The highest BCUT2D eigenvalue weighted by Crippen LogP contribution is 2.67. The maximum Gasteiger partial charge on any atom is 0.0612 e. The standard InChI is InChI=1S/C53H94O/c1-8-10-11-12-13-14-15-16-17-18-19-20-21-22-23-24-25-26-31-45(9-2)32-28-41-54-47-37-39-52(6)46(42-47)33-34-48-50-36-35-49(44(5)30-27-29-43(3)4)53(50,7)40-38-51(48)52/h13-14,16-17,33,43-45,47-51H,8-12,15,18-32,34-42H2,1-7H3/b14-13-,17-16-/t44?,45?,47-,48?,49?,50?,51?,52-,53+/m0/s1. The third-order valence-electron chi connectivity index (χ3n) is 16.3. The Bertz CT molecular complexity index is 1080. The quantitative estimate of drug-likeness (QED) is 0.0572. The molecule has 312 valence electrons. The van der Waals surface area contributed by atoms with Crippen LogP contribution in [0.1, 0.15) is 235 Å². The summed E-state index contributed by atoms with van der Waals surface area (Å²) in [5.74, 6) is 6.46. The van der Waals surface area contributed by atoms with E-state index in [9.17, 15) is 0 Å². The van der Waals surface area contributed by atoms with Crippen molar-refractivity contribution in [2.75, 3.05) is 6.61 Å². The highest BCUT2D eigenvalue weighted by Gasteiger charge is 2.59. The summed E-state index contributed by atoms with van der Waals surface area (Å²) in [6.45, 7) is 18.5. The minimum absolute atomic E-state index is 0.445. The van der Waals surface area contributed by atoms with Crippen LogP contribution < -0.4 is 0 Å². The van der Waals surface area contributed by atoms with Gasteiger partial charge in [-0.2, -0.15) is 0 Å². The van der Waals surface area contributed by atoms with Crippen LogP contribution in [0.15, 0.2) is 36.0 Å². The first-order valence-corrected chi connectivity index (χ1v) is 24.8. The monoisotopic (exact) mass is 747 g/mol. The lowest BCUT2D eigenvalue weighted by Crippen LogP contribution is -2.51. The molecule has 0 N–H and O–H groups in total. The zero-order valence-electron chi connectivity index (χ0n) is 37.6. The predicted molar refractivity (Wildman–Crippen MR) is 239 cm³/mol. The molecule has 0 aromatic heterocycles. The van der Waals surface area contributed by atoms with Crippen molar-refractivity contribution in [3.63, 3.8) is 0 Å². The van der Waals surface area contributed by atoms with E-state index in [-0.39, 0.29) is 0 Å². The average Bonchev–Trinajstić information content (AvgIpc) is 3.52. The van der Waals surface area contributed by atoms with Gasteiger partial charge in [0.2, 0.25) is 0 Å². The molecule has 1 nitrogen and oxygen atoms in total. The minimum Gasteiger partial charge on any atom is -0.378 e. The van der Waals surface area contributed by atoms with Crippen molar-refractivity contribution in [1.82, 2.24) is 0 Å². The van der Waals surface area contributed by atoms with Gasteiger partial charge >= 0.3 is 0 Å². The van der Waals surface area contributed by atoms with E-state index in [4.69, 9.17) is 4.74 Å². The average molecular weight is 747 g/mol. The third-order valence-corrected chi connectivity index (χ3v) is 16.3. The first kappa shape index (κ1) is 45.9. The second kappa shape index (κ2) is 24.8. The molecular weight excluding hydrogens is 653 g/mol. The molecule has 54 heavy (non-hydrogen) atoms. The van der Waals surface area contributed by atoms with Gasteiger partial charge in [-0.15, -0.1) is 0 Å². The molecule has 0 aromatic rings. The molecule has 1 heteroatoms. The lowest BCUT2D eigenvalue weighted by atomic mass is 9.47. The van der Waals surface area contributed by atoms with E-state index in [1.54, 1.807) is 5.57 Å². The van der Waals surface area contributed by atoms with Crippen molar-refractivity contribution in [3.8, 4) is 0 Å². The van der Waals surface area contributed by atoms with Crippen LogP contribution >= 0.6 is 0 Å². The van der Waals surface area contributed by atoms with Crippen molar-refractivity contribution in [2.45, 2.75) is 241 Å². The number of unbranched alkanes of at least 4 members (excludes halogenated alkanes) is 11. The van der Waals surface area contributed by atoms with E-state index < -0.39 is 0 Å². The predicted octanol–water partition coefficient (Wildman–Crippen LogP) is 17.2. The Morgan fingerprint density at radius 1 is 0.685 bits per heavy atom. The van der Waals surface area contributed by atoms with Crippen molar-refractivity contribution in [2.24, 2.45) is 52.3 Å². The van der Waals surface area contributed by atoms with Crippen LogP contribution in [0.25, 0.3) is 0 Å². The van der Waals surface area contributed by atoms with Gasteiger partial charge in [0.15, 0.2) is 0 Å². The molecule has 3 fully saturated rings. The Kier molecular flexibility index (Phi) is 21.1. The summed E-state index contributed by atoms with van der Waals surface area (Å²) in [5, 5.41) is 0. The largest absolute Gasteiger partial charge is 0.378 e. The summed E-state index contributed by atoms with van der Waals surface area (Å²) >= 11 is 0. The Balaban J connectivity index is 1.04. The molecule has 3 saturated carbocycles. The molecule has 0 heterocycles. The van der Waals surface area contributed by atoms with Gasteiger partial charge < -0.3 is 4.74 Å². The Morgan fingerprint density at radius 3 is 2.07 bits per heavy atom. The minimum atomic E-state index is 0.445. The number of hydrogen-bond donors (Lipinski definition) is 0. The summed E-state index contributed by atoms with van der Waals surface area (Å²) < 4.78 is 6.68. The van der Waals surface area contributed by atoms with E-state index in [2.05, 4.69) is 78.8 Å². The second-order valence-corrected chi connectivity index (χ2v) is 20.5. The number of fused-ring (bicyclic) bond motifs is 5.